The highest BCUT2D eigenvalue weighted by molar-refractivity contribution is 5.76. The lowest BCUT2D eigenvalue weighted by molar-refractivity contribution is -0.379. The van der Waals surface area contributed by atoms with E-state index in [0.717, 1.165) is 44.9 Å². The Morgan fingerprint density at radius 2 is 0.800 bits per heavy atom. The van der Waals surface area contributed by atoms with Crippen LogP contribution >= 0.6 is 0 Å². The fourth-order valence-corrected chi connectivity index (χ4v) is 10.5. The summed E-state index contributed by atoms with van der Waals surface area (Å²) in [6.45, 7) is 1.67. The summed E-state index contributed by atoms with van der Waals surface area (Å²) >= 11 is 0. The average molecular weight is 1150 g/mol. The number of ether oxygens (including phenoxy) is 6. The number of nitrogens with one attached hydrogen (secondary N) is 1. The molecule has 17 unspecified atom stereocenters. The lowest BCUT2D eigenvalue weighted by Crippen LogP contribution is -2.66. The van der Waals surface area contributed by atoms with Gasteiger partial charge in [0.25, 0.3) is 0 Å². The molecular weight excluding hydrogens is 1030 g/mol. The van der Waals surface area contributed by atoms with Gasteiger partial charge < -0.3 is 89.9 Å². The Hall–Kier alpha value is -1.99. The van der Waals surface area contributed by atoms with Crippen LogP contribution in [0, 0.1) is 0 Å². The molecule has 3 fully saturated rings. The lowest BCUT2D eigenvalue weighted by atomic mass is 9.96. The molecule has 0 aromatic heterocycles. The fourth-order valence-electron chi connectivity index (χ4n) is 10.5. The molecule has 80 heavy (non-hydrogen) atoms. The van der Waals surface area contributed by atoms with Crippen LogP contribution in [-0.2, 0) is 33.2 Å². The van der Waals surface area contributed by atoms with Gasteiger partial charge in [-0.2, -0.15) is 0 Å². The van der Waals surface area contributed by atoms with E-state index in [0.29, 0.717) is 12.8 Å². The maximum Gasteiger partial charge on any atom is 0.220 e. The highest BCUT2D eigenvalue weighted by Gasteiger charge is 2.53. The van der Waals surface area contributed by atoms with E-state index in [1.54, 1.807) is 6.08 Å². The van der Waals surface area contributed by atoms with Gasteiger partial charge in [-0.1, -0.05) is 198 Å². The van der Waals surface area contributed by atoms with E-state index < -0.39 is 124 Å². The molecule has 468 valence electrons. The van der Waals surface area contributed by atoms with Crippen LogP contribution in [0.15, 0.2) is 36.5 Å². The maximum absolute atomic E-state index is 13.3. The summed E-state index contributed by atoms with van der Waals surface area (Å²) in [5.41, 5.74) is 0. The second-order valence-electron chi connectivity index (χ2n) is 22.5. The van der Waals surface area contributed by atoms with Crippen molar-refractivity contribution in [3.8, 4) is 0 Å². The standard InChI is InChI=1S/C61H111NO18/c1-3-5-7-9-11-13-15-17-18-19-20-21-22-23-24-25-27-29-31-33-35-37-39-49(67)62-44(45(66)38-36-34-32-30-28-26-16-14-12-10-8-6-4-2)43-75-59-55(73)52(70)57(47(41-64)77-59)80-61-56(74)53(71)58(48(42-65)78-61)79-60-54(72)51(69)50(68)46(40-63)76-60/h12,14,28,30,36,38,44-48,50-61,63-66,68-74H,3-11,13,15-27,29,31-35,37,39-43H2,1-2H3,(H,62,67)/b14-12+,30-28+,38-36+. The van der Waals surface area contributed by atoms with Crippen molar-refractivity contribution >= 4 is 5.91 Å². The molecule has 17 atom stereocenters. The highest BCUT2D eigenvalue weighted by Crippen LogP contribution is 2.33. The van der Waals surface area contributed by atoms with Crippen molar-refractivity contribution in [2.24, 2.45) is 0 Å². The molecular formula is C61H111NO18. The summed E-state index contributed by atoms with van der Waals surface area (Å²) in [5.74, 6) is -0.288. The van der Waals surface area contributed by atoms with E-state index in [1.807, 2.05) is 6.08 Å². The summed E-state index contributed by atoms with van der Waals surface area (Å²) < 4.78 is 34.2. The van der Waals surface area contributed by atoms with Crippen LogP contribution in [0.2, 0.25) is 0 Å². The van der Waals surface area contributed by atoms with Crippen LogP contribution in [0.1, 0.15) is 213 Å². The normalized spacial score (nSPS) is 30.2. The largest absolute Gasteiger partial charge is 0.394 e. The SMILES string of the molecule is CCCCC/C=C/CC/C=C/CC/C=C/C(O)C(COC1OC(CO)C(OC2OC(CO)C(OC3OC(CO)C(O)C(O)C3O)C(O)C2O)C(O)C1O)NC(=O)CCCCCCCCCCCCCCCCCCCCCCCC. The first-order valence-corrected chi connectivity index (χ1v) is 31.2. The van der Waals surface area contributed by atoms with Crippen LogP contribution in [0.4, 0.5) is 0 Å². The van der Waals surface area contributed by atoms with Gasteiger partial charge >= 0.3 is 0 Å². The zero-order valence-corrected chi connectivity index (χ0v) is 48.8. The van der Waals surface area contributed by atoms with Crippen LogP contribution in [0.3, 0.4) is 0 Å². The first-order valence-electron chi connectivity index (χ1n) is 31.2. The van der Waals surface area contributed by atoms with E-state index in [9.17, 15) is 61.0 Å². The minimum Gasteiger partial charge on any atom is -0.394 e. The third-order valence-corrected chi connectivity index (χ3v) is 15.7. The van der Waals surface area contributed by atoms with E-state index >= 15 is 0 Å². The molecule has 0 spiro atoms. The van der Waals surface area contributed by atoms with Gasteiger partial charge in [0.15, 0.2) is 18.9 Å². The van der Waals surface area contributed by atoms with E-state index in [1.165, 1.54) is 135 Å². The van der Waals surface area contributed by atoms with Crippen molar-refractivity contribution in [1.29, 1.82) is 0 Å². The quantitative estimate of drug-likeness (QED) is 0.0242. The molecule has 0 aromatic carbocycles. The van der Waals surface area contributed by atoms with Gasteiger partial charge in [0, 0.05) is 6.42 Å². The number of rotatable bonds is 46. The van der Waals surface area contributed by atoms with Crippen LogP contribution in [-0.4, -0.2) is 193 Å². The Kier molecular flexibility index (Phi) is 40.2. The summed E-state index contributed by atoms with van der Waals surface area (Å²) in [6, 6.07) is -0.992. The van der Waals surface area contributed by atoms with Crippen LogP contribution in [0.5, 0.6) is 0 Å². The molecule has 0 aliphatic carbocycles. The number of carbonyl (C=O) groups is 1. The molecule has 0 saturated carbocycles. The number of unbranched alkanes of at least 4 members (excludes halogenated alkanes) is 26. The third kappa shape index (κ3) is 27.8. The Bertz CT molecular complexity index is 1600. The van der Waals surface area contributed by atoms with Crippen molar-refractivity contribution in [1.82, 2.24) is 5.32 Å². The maximum atomic E-state index is 13.3. The first-order chi connectivity index (χ1) is 38.8. The number of aliphatic hydroxyl groups excluding tert-OH is 11. The molecule has 19 nitrogen and oxygen atoms in total. The number of hydrogen-bond acceptors (Lipinski definition) is 18. The zero-order chi connectivity index (χ0) is 58.3. The molecule has 3 heterocycles. The van der Waals surface area contributed by atoms with Crippen molar-refractivity contribution in [3.63, 3.8) is 0 Å². The van der Waals surface area contributed by atoms with Crippen molar-refractivity contribution in [2.75, 3.05) is 26.4 Å². The van der Waals surface area contributed by atoms with Gasteiger partial charge in [0.05, 0.1) is 38.6 Å². The van der Waals surface area contributed by atoms with E-state index in [2.05, 4.69) is 43.5 Å². The van der Waals surface area contributed by atoms with Gasteiger partial charge in [0.1, 0.15) is 73.2 Å². The van der Waals surface area contributed by atoms with Gasteiger partial charge in [-0.3, -0.25) is 4.79 Å². The summed E-state index contributed by atoms with van der Waals surface area (Å²) in [5, 5.41) is 120. The number of carbonyl (C=O) groups excluding carboxylic acids is 1. The summed E-state index contributed by atoms with van der Waals surface area (Å²) in [7, 11) is 0. The Labute approximate surface area is 479 Å². The summed E-state index contributed by atoms with van der Waals surface area (Å²) in [6.07, 6.45) is 21.4. The molecule has 12 N–H and O–H groups in total. The monoisotopic (exact) mass is 1150 g/mol. The number of aliphatic hydroxyl groups is 11. The first kappa shape index (κ1) is 72.3. The molecule has 3 aliphatic rings. The Morgan fingerprint density at radius 1 is 0.438 bits per heavy atom. The summed E-state index contributed by atoms with van der Waals surface area (Å²) in [4.78, 5) is 13.3. The van der Waals surface area contributed by atoms with Crippen LogP contribution in [0.25, 0.3) is 0 Å². The van der Waals surface area contributed by atoms with Gasteiger partial charge in [-0.25, -0.2) is 0 Å². The molecule has 0 radical (unpaired) electrons. The predicted octanol–water partition coefficient (Wildman–Crippen LogP) is 6.10. The third-order valence-electron chi connectivity index (χ3n) is 15.7. The van der Waals surface area contributed by atoms with Crippen molar-refractivity contribution < 1.29 is 89.4 Å². The number of amides is 1. The minimum absolute atomic E-state index is 0.235. The zero-order valence-electron chi connectivity index (χ0n) is 48.8. The topological polar surface area (TPSA) is 307 Å². The average Bonchev–Trinajstić information content (AvgIpc) is 3.47. The van der Waals surface area contributed by atoms with E-state index in [-0.39, 0.29) is 18.9 Å². The van der Waals surface area contributed by atoms with Crippen molar-refractivity contribution in [2.45, 2.75) is 317 Å². The van der Waals surface area contributed by atoms with Crippen molar-refractivity contribution in [3.05, 3.63) is 36.5 Å². The Morgan fingerprint density at radius 3 is 1.25 bits per heavy atom. The minimum atomic E-state index is -1.98. The van der Waals surface area contributed by atoms with Crippen LogP contribution < -0.4 is 5.32 Å². The van der Waals surface area contributed by atoms with Gasteiger partial charge in [-0.05, 0) is 44.9 Å². The molecule has 0 bridgehead atoms. The number of allylic oxidation sites excluding steroid dienone is 5. The smallest absolute Gasteiger partial charge is 0.220 e. The fraction of sp³-hybridized carbons (Fsp3) is 0.885. The molecule has 19 heteroatoms. The molecule has 0 aromatic rings. The highest BCUT2D eigenvalue weighted by atomic mass is 16.8. The Balaban J connectivity index is 1.47. The molecule has 3 saturated heterocycles. The number of hydrogen-bond donors (Lipinski definition) is 12. The van der Waals surface area contributed by atoms with Gasteiger partial charge in [-0.15, -0.1) is 0 Å². The van der Waals surface area contributed by atoms with E-state index in [4.69, 9.17) is 28.4 Å². The van der Waals surface area contributed by atoms with Gasteiger partial charge in [0.2, 0.25) is 5.91 Å². The second kappa shape index (κ2) is 44.5. The second-order valence-corrected chi connectivity index (χ2v) is 22.5. The molecule has 1 amide bonds. The predicted molar refractivity (Wildman–Crippen MR) is 305 cm³/mol. The molecule has 3 aliphatic heterocycles. The molecule has 3 rings (SSSR count). The lowest BCUT2D eigenvalue weighted by Gasteiger charge is -2.48.